The van der Waals surface area contributed by atoms with Gasteiger partial charge in [0.2, 0.25) is 17.7 Å². The fraction of sp³-hybridized carbons (Fsp3) is 0.429. The Morgan fingerprint density at radius 2 is 1.49 bits per heavy atom. The van der Waals surface area contributed by atoms with E-state index < -0.39 is 11.9 Å². The molecule has 4 fully saturated rings. The van der Waals surface area contributed by atoms with Crippen molar-refractivity contribution in [2.24, 2.45) is 29.6 Å². The Bertz CT molecular complexity index is 1180. The molecule has 7 nitrogen and oxygen atoms in total. The minimum Gasteiger partial charge on any atom is -0.426 e. The van der Waals surface area contributed by atoms with Gasteiger partial charge in [-0.05, 0) is 79.5 Å². The lowest BCUT2D eigenvalue weighted by Gasteiger charge is -2.19. The summed E-state index contributed by atoms with van der Waals surface area (Å²) in [5, 5.41) is 0. The quantitative estimate of drug-likeness (QED) is 0.376. The van der Waals surface area contributed by atoms with Crippen molar-refractivity contribution in [1.29, 1.82) is 0 Å². The molecule has 2 bridgehead atoms. The second-order valence-corrected chi connectivity index (χ2v) is 10.2. The minimum absolute atomic E-state index is 0.0894. The highest BCUT2D eigenvalue weighted by Gasteiger charge is 2.61. The molecule has 6 rings (SSSR count). The van der Waals surface area contributed by atoms with Gasteiger partial charge in [-0.3, -0.25) is 24.1 Å². The standard InChI is InChI=1S/C28H28N2O5/c1-2-16-3-7-20(8-4-16)29-15-19(14-23(29)31)28(34)35-22-11-9-21(10-12-22)30-26(32)24-17-5-6-18(13-17)25(24)27(30)33/h3-4,7-12,17-19,24-25H,2,5-6,13-15H2,1H3/t17-,18-,19+,24-,25-/m0/s1. The first-order valence-corrected chi connectivity index (χ1v) is 12.5. The first-order chi connectivity index (χ1) is 16.9. The van der Waals surface area contributed by atoms with Crippen molar-refractivity contribution in [3.63, 3.8) is 0 Å². The van der Waals surface area contributed by atoms with Crippen LogP contribution in [0.25, 0.3) is 0 Å². The van der Waals surface area contributed by atoms with E-state index in [0.717, 1.165) is 31.4 Å². The van der Waals surface area contributed by atoms with Gasteiger partial charge in [-0.15, -0.1) is 0 Å². The summed E-state index contributed by atoms with van der Waals surface area (Å²) < 4.78 is 5.55. The predicted molar refractivity (Wildman–Crippen MR) is 129 cm³/mol. The molecule has 0 aromatic heterocycles. The van der Waals surface area contributed by atoms with E-state index in [4.69, 9.17) is 4.74 Å². The summed E-state index contributed by atoms with van der Waals surface area (Å²) in [7, 11) is 0. The van der Waals surface area contributed by atoms with Crippen LogP contribution in [-0.4, -0.2) is 30.2 Å². The topological polar surface area (TPSA) is 84.0 Å². The van der Waals surface area contributed by atoms with E-state index >= 15 is 0 Å². The predicted octanol–water partition coefficient (Wildman–Crippen LogP) is 3.74. The van der Waals surface area contributed by atoms with Crippen molar-refractivity contribution >= 4 is 35.1 Å². The molecule has 2 aliphatic carbocycles. The molecule has 0 spiro atoms. The van der Waals surface area contributed by atoms with Crippen molar-refractivity contribution in [3.05, 3.63) is 54.1 Å². The van der Waals surface area contributed by atoms with Crippen molar-refractivity contribution in [1.82, 2.24) is 0 Å². The van der Waals surface area contributed by atoms with Gasteiger partial charge in [-0.1, -0.05) is 19.1 Å². The number of benzene rings is 2. The smallest absolute Gasteiger partial charge is 0.316 e. The third-order valence-corrected chi connectivity index (χ3v) is 8.36. The Hall–Kier alpha value is -3.48. The number of ether oxygens (including phenoxy) is 1. The van der Waals surface area contributed by atoms with Crippen LogP contribution in [0.2, 0.25) is 0 Å². The number of rotatable bonds is 5. The summed E-state index contributed by atoms with van der Waals surface area (Å²) in [6.07, 6.45) is 4.11. The number of carbonyl (C=O) groups is 4. The summed E-state index contributed by atoms with van der Waals surface area (Å²) >= 11 is 0. The van der Waals surface area contributed by atoms with Crippen LogP contribution in [-0.2, 0) is 25.6 Å². The second-order valence-electron chi connectivity index (χ2n) is 10.2. The summed E-state index contributed by atoms with van der Waals surface area (Å²) in [6, 6.07) is 14.3. The third kappa shape index (κ3) is 3.56. The number of carbonyl (C=O) groups excluding carboxylic acids is 4. The van der Waals surface area contributed by atoms with Gasteiger partial charge in [-0.2, -0.15) is 0 Å². The van der Waals surface area contributed by atoms with Gasteiger partial charge in [0.05, 0.1) is 23.4 Å². The molecular weight excluding hydrogens is 444 g/mol. The van der Waals surface area contributed by atoms with Crippen LogP contribution in [0.4, 0.5) is 11.4 Å². The van der Waals surface area contributed by atoms with Crippen molar-refractivity contribution < 1.29 is 23.9 Å². The molecule has 35 heavy (non-hydrogen) atoms. The Balaban J connectivity index is 1.11. The number of hydrogen-bond acceptors (Lipinski definition) is 5. The van der Waals surface area contributed by atoms with Crippen LogP contribution in [0.15, 0.2) is 48.5 Å². The van der Waals surface area contributed by atoms with Gasteiger partial charge in [0.1, 0.15) is 5.75 Å². The number of nitrogens with zero attached hydrogens (tertiary/aromatic N) is 2. The number of fused-ring (bicyclic) bond motifs is 5. The van der Waals surface area contributed by atoms with E-state index in [0.29, 0.717) is 23.3 Å². The summed E-state index contributed by atoms with van der Waals surface area (Å²) in [5.41, 5.74) is 2.49. The molecule has 0 radical (unpaired) electrons. The van der Waals surface area contributed by atoms with E-state index in [1.807, 2.05) is 24.3 Å². The molecule has 0 unspecified atom stereocenters. The molecule has 4 aliphatic rings. The highest BCUT2D eigenvalue weighted by atomic mass is 16.5. The van der Waals surface area contributed by atoms with Gasteiger partial charge in [0, 0.05) is 18.7 Å². The van der Waals surface area contributed by atoms with E-state index in [9.17, 15) is 19.2 Å². The van der Waals surface area contributed by atoms with Crippen LogP contribution in [0.5, 0.6) is 5.75 Å². The minimum atomic E-state index is -0.551. The molecule has 3 amide bonds. The molecule has 2 heterocycles. The SMILES string of the molecule is CCc1ccc(N2C[C@H](C(=O)Oc3ccc(N4C(=O)[C@H]5[C@H]6CC[C@@H](C6)[C@@H]5C4=O)cc3)CC2=O)cc1. The number of imide groups is 1. The first kappa shape index (κ1) is 22.0. The van der Waals surface area contributed by atoms with E-state index in [2.05, 4.69) is 6.92 Å². The van der Waals surface area contributed by atoms with Gasteiger partial charge in [0.15, 0.2) is 0 Å². The van der Waals surface area contributed by atoms with Gasteiger partial charge >= 0.3 is 5.97 Å². The van der Waals surface area contributed by atoms with Gasteiger partial charge in [0.25, 0.3) is 0 Å². The molecule has 7 heteroatoms. The van der Waals surface area contributed by atoms with E-state index in [-0.39, 0.29) is 42.5 Å². The monoisotopic (exact) mass is 472 g/mol. The van der Waals surface area contributed by atoms with Crippen molar-refractivity contribution in [2.45, 2.75) is 39.0 Å². The zero-order chi connectivity index (χ0) is 24.3. The van der Waals surface area contributed by atoms with Crippen LogP contribution < -0.4 is 14.5 Å². The highest BCUT2D eigenvalue weighted by molar-refractivity contribution is 6.22. The van der Waals surface area contributed by atoms with Crippen LogP contribution in [0.1, 0.15) is 38.2 Å². The molecule has 2 aromatic carbocycles. The summed E-state index contributed by atoms with van der Waals surface area (Å²) in [6.45, 7) is 2.35. The van der Waals surface area contributed by atoms with Crippen molar-refractivity contribution in [2.75, 3.05) is 16.3 Å². The molecule has 2 saturated heterocycles. The number of amides is 3. The first-order valence-electron chi connectivity index (χ1n) is 12.5. The number of aryl methyl sites for hydroxylation is 1. The Kier molecular flexibility index (Phi) is 5.24. The van der Waals surface area contributed by atoms with Crippen LogP contribution in [0.3, 0.4) is 0 Å². The molecular formula is C28H28N2O5. The van der Waals surface area contributed by atoms with Crippen molar-refractivity contribution in [3.8, 4) is 5.75 Å². The number of anilines is 2. The molecule has 0 N–H and O–H groups in total. The molecule has 2 aliphatic heterocycles. The lowest BCUT2D eigenvalue weighted by molar-refractivity contribution is -0.139. The Labute approximate surface area is 204 Å². The zero-order valence-electron chi connectivity index (χ0n) is 19.7. The molecule has 2 aromatic rings. The van der Waals surface area contributed by atoms with Gasteiger partial charge < -0.3 is 9.64 Å². The van der Waals surface area contributed by atoms with E-state index in [1.165, 1.54) is 10.5 Å². The number of hydrogen-bond donors (Lipinski definition) is 0. The fourth-order valence-electron chi connectivity index (χ4n) is 6.55. The summed E-state index contributed by atoms with van der Waals surface area (Å²) in [4.78, 5) is 54.3. The average Bonchev–Trinajstić information content (AvgIpc) is 3.63. The third-order valence-electron chi connectivity index (χ3n) is 8.36. The van der Waals surface area contributed by atoms with E-state index in [1.54, 1.807) is 29.2 Å². The van der Waals surface area contributed by atoms with Gasteiger partial charge in [-0.25, -0.2) is 0 Å². The maximum absolute atomic E-state index is 13.0. The fourth-order valence-corrected chi connectivity index (χ4v) is 6.55. The largest absolute Gasteiger partial charge is 0.426 e. The normalized spacial score (nSPS) is 29.3. The van der Waals surface area contributed by atoms with Crippen LogP contribution >= 0.6 is 0 Å². The highest BCUT2D eigenvalue weighted by Crippen LogP contribution is 2.56. The Morgan fingerprint density at radius 1 is 0.886 bits per heavy atom. The summed E-state index contributed by atoms with van der Waals surface area (Å²) in [5.74, 6) is -0.618. The maximum atomic E-state index is 13.0. The van der Waals surface area contributed by atoms with Crippen LogP contribution in [0, 0.1) is 29.6 Å². The average molecular weight is 473 g/mol. The molecule has 5 atom stereocenters. The second kappa shape index (κ2) is 8.33. The maximum Gasteiger partial charge on any atom is 0.316 e. The Morgan fingerprint density at radius 3 is 2.09 bits per heavy atom. The molecule has 180 valence electrons. The lowest BCUT2D eigenvalue weighted by Crippen LogP contribution is -2.32. The zero-order valence-corrected chi connectivity index (χ0v) is 19.7. The number of esters is 1. The molecule has 2 saturated carbocycles. The lowest BCUT2D eigenvalue weighted by atomic mass is 9.81.